The molecule has 3 rings (SSSR count). The van der Waals surface area contributed by atoms with Gasteiger partial charge in [0.05, 0.1) is 17.9 Å². The number of aromatic nitrogens is 2. The fourth-order valence-corrected chi connectivity index (χ4v) is 5.12. The lowest BCUT2D eigenvalue weighted by Gasteiger charge is -2.22. The Labute approximate surface area is 116 Å². The third kappa shape index (κ3) is 2.29. The van der Waals surface area contributed by atoms with Gasteiger partial charge in [0.15, 0.2) is 0 Å². The molecule has 1 fully saturated rings. The maximum absolute atomic E-state index is 12.6. The SMILES string of the molecule is O=S(=O)(c1cccs1)N1CCCC1c1cnccn1. The molecular weight excluding hydrogens is 282 g/mol. The Morgan fingerprint density at radius 3 is 2.95 bits per heavy atom. The van der Waals surface area contributed by atoms with Gasteiger partial charge in [-0.25, -0.2) is 8.42 Å². The molecule has 1 saturated heterocycles. The van der Waals surface area contributed by atoms with Crippen molar-refractivity contribution in [3.8, 4) is 0 Å². The van der Waals surface area contributed by atoms with E-state index in [2.05, 4.69) is 9.97 Å². The molecule has 19 heavy (non-hydrogen) atoms. The van der Waals surface area contributed by atoms with E-state index in [1.54, 1.807) is 40.4 Å². The van der Waals surface area contributed by atoms with Gasteiger partial charge in [0, 0.05) is 18.9 Å². The number of thiophene rings is 1. The first kappa shape index (κ1) is 12.7. The van der Waals surface area contributed by atoms with Crippen LogP contribution >= 0.6 is 11.3 Å². The standard InChI is InChI=1S/C12H13N3O2S2/c16-19(17,12-4-2-8-18-12)15-7-1-3-11(15)10-9-13-5-6-14-10/h2,4-6,8-9,11H,1,3,7H2. The van der Waals surface area contributed by atoms with Crippen LogP contribution < -0.4 is 0 Å². The second kappa shape index (κ2) is 4.99. The molecular formula is C12H13N3O2S2. The fourth-order valence-electron chi connectivity index (χ4n) is 2.33. The summed E-state index contributed by atoms with van der Waals surface area (Å²) in [5.74, 6) is 0. The van der Waals surface area contributed by atoms with E-state index in [1.807, 2.05) is 0 Å². The first-order chi connectivity index (χ1) is 9.19. The van der Waals surface area contributed by atoms with Crippen molar-refractivity contribution in [2.45, 2.75) is 23.1 Å². The quantitative estimate of drug-likeness (QED) is 0.869. The molecule has 5 nitrogen and oxygen atoms in total. The Bertz CT molecular complexity index is 641. The largest absolute Gasteiger partial charge is 0.261 e. The molecule has 1 unspecified atom stereocenters. The predicted octanol–water partition coefficient (Wildman–Crippen LogP) is 2.06. The second-order valence-corrected chi connectivity index (χ2v) is 7.40. The summed E-state index contributed by atoms with van der Waals surface area (Å²) in [6.07, 6.45) is 6.49. The summed E-state index contributed by atoms with van der Waals surface area (Å²) in [7, 11) is -3.41. The predicted molar refractivity (Wildman–Crippen MR) is 72.2 cm³/mol. The van der Waals surface area contributed by atoms with Gasteiger partial charge in [-0.1, -0.05) is 6.07 Å². The van der Waals surface area contributed by atoms with Crippen molar-refractivity contribution in [3.63, 3.8) is 0 Å². The zero-order chi connectivity index (χ0) is 13.3. The lowest BCUT2D eigenvalue weighted by Crippen LogP contribution is -2.30. The van der Waals surface area contributed by atoms with Crippen molar-refractivity contribution in [3.05, 3.63) is 41.8 Å². The van der Waals surface area contributed by atoms with Crippen LogP contribution in [-0.4, -0.2) is 29.2 Å². The van der Waals surface area contributed by atoms with Gasteiger partial charge in [0.25, 0.3) is 10.0 Å². The second-order valence-electron chi connectivity index (χ2n) is 4.34. The van der Waals surface area contributed by atoms with Crippen LogP contribution in [0.4, 0.5) is 0 Å². The van der Waals surface area contributed by atoms with Gasteiger partial charge in [0.1, 0.15) is 4.21 Å². The molecule has 1 aliphatic rings. The van der Waals surface area contributed by atoms with Crippen LogP contribution in [-0.2, 0) is 10.0 Å². The minimum absolute atomic E-state index is 0.194. The van der Waals surface area contributed by atoms with Crippen molar-refractivity contribution >= 4 is 21.4 Å². The highest BCUT2D eigenvalue weighted by Gasteiger charge is 2.37. The summed E-state index contributed by atoms with van der Waals surface area (Å²) in [5.41, 5.74) is 0.722. The van der Waals surface area contributed by atoms with E-state index in [1.165, 1.54) is 11.3 Å². The van der Waals surface area contributed by atoms with Gasteiger partial charge in [-0.15, -0.1) is 11.3 Å². The van der Waals surface area contributed by atoms with Crippen LogP contribution in [0, 0.1) is 0 Å². The zero-order valence-electron chi connectivity index (χ0n) is 10.1. The van der Waals surface area contributed by atoms with Gasteiger partial charge < -0.3 is 0 Å². The van der Waals surface area contributed by atoms with Crippen LogP contribution in [0.15, 0.2) is 40.3 Å². The highest BCUT2D eigenvalue weighted by Crippen LogP contribution is 2.36. The van der Waals surface area contributed by atoms with E-state index in [0.717, 1.165) is 18.5 Å². The van der Waals surface area contributed by atoms with Crippen LogP contribution in [0.2, 0.25) is 0 Å². The van der Waals surface area contributed by atoms with E-state index < -0.39 is 10.0 Å². The summed E-state index contributed by atoms with van der Waals surface area (Å²) >= 11 is 1.25. The van der Waals surface area contributed by atoms with E-state index in [0.29, 0.717) is 10.8 Å². The molecule has 0 radical (unpaired) electrons. The number of rotatable bonds is 3. The van der Waals surface area contributed by atoms with Crippen molar-refractivity contribution in [1.82, 2.24) is 14.3 Å². The average Bonchev–Trinajstić information content (AvgIpc) is 3.11. The van der Waals surface area contributed by atoms with Gasteiger partial charge in [-0.05, 0) is 24.3 Å². The van der Waals surface area contributed by atoms with Gasteiger partial charge in [-0.2, -0.15) is 4.31 Å². The minimum Gasteiger partial charge on any atom is -0.261 e. The number of hydrogen-bond acceptors (Lipinski definition) is 5. The molecule has 2 aromatic heterocycles. The third-order valence-electron chi connectivity index (χ3n) is 3.19. The summed E-state index contributed by atoms with van der Waals surface area (Å²) in [6.45, 7) is 0.543. The van der Waals surface area contributed by atoms with E-state index in [9.17, 15) is 8.42 Å². The van der Waals surface area contributed by atoms with Crippen molar-refractivity contribution in [2.75, 3.05) is 6.54 Å². The molecule has 0 spiro atoms. The average molecular weight is 295 g/mol. The lowest BCUT2D eigenvalue weighted by molar-refractivity contribution is 0.391. The van der Waals surface area contributed by atoms with Gasteiger partial charge in [0.2, 0.25) is 0 Å². The molecule has 0 bridgehead atoms. The topological polar surface area (TPSA) is 63.2 Å². The Balaban J connectivity index is 1.97. The molecule has 1 aliphatic heterocycles. The molecule has 0 saturated carbocycles. The van der Waals surface area contributed by atoms with Crippen molar-refractivity contribution in [1.29, 1.82) is 0 Å². The first-order valence-electron chi connectivity index (χ1n) is 6.01. The molecule has 7 heteroatoms. The lowest BCUT2D eigenvalue weighted by atomic mass is 10.2. The van der Waals surface area contributed by atoms with Crippen molar-refractivity contribution < 1.29 is 8.42 Å². The van der Waals surface area contributed by atoms with Crippen LogP contribution in [0.25, 0.3) is 0 Å². The van der Waals surface area contributed by atoms with E-state index >= 15 is 0 Å². The highest BCUT2D eigenvalue weighted by molar-refractivity contribution is 7.91. The normalized spacial score (nSPS) is 20.7. The number of hydrogen-bond donors (Lipinski definition) is 0. The molecule has 2 aromatic rings. The van der Waals surface area contributed by atoms with Gasteiger partial charge in [-0.3, -0.25) is 9.97 Å². The number of sulfonamides is 1. The molecule has 0 aliphatic carbocycles. The van der Waals surface area contributed by atoms with Crippen LogP contribution in [0.3, 0.4) is 0 Å². The zero-order valence-corrected chi connectivity index (χ0v) is 11.8. The Kier molecular flexibility index (Phi) is 3.34. The highest BCUT2D eigenvalue weighted by atomic mass is 32.2. The summed E-state index contributed by atoms with van der Waals surface area (Å²) in [4.78, 5) is 8.27. The molecule has 3 heterocycles. The van der Waals surface area contributed by atoms with E-state index in [-0.39, 0.29) is 6.04 Å². The molecule has 100 valence electrons. The van der Waals surface area contributed by atoms with Crippen LogP contribution in [0.1, 0.15) is 24.6 Å². The maximum atomic E-state index is 12.6. The molecule has 0 N–H and O–H groups in total. The Morgan fingerprint density at radius 1 is 1.37 bits per heavy atom. The molecule has 0 amide bonds. The monoisotopic (exact) mass is 295 g/mol. The number of nitrogens with zero attached hydrogens (tertiary/aromatic N) is 3. The van der Waals surface area contributed by atoms with Crippen LogP contribution in [0.5, 0.6) is 0 Å². The first-order valence-corrected chi connectivity index (χ1v) is 8.33. The maximum Gasteiger partial charge on any atom is 0.253 e. The smallest absolute Gasteiger partial charge is 0.253 e. The Morgan fingerprint density at radius 2 is 2.26 bits per heavy atom. The fraction of sp³-hybridized carbons (Fsp3) is 0.333. The Hall–Kier alpha value is -1.31. The molecule has 0 aromatic carbocycles. The van der Waals surface area contributed by atoms with Gasteiger partial charge >= 0.3 is 0 Å². The summed E-state index contributed by atoms with van der Waals surface area (Å²) < 4.78 is 27.1. The summed E-state index contributed by atoms with van der Waals surface area (Å²) in [6, 6.07) is 3.21. The van der Waals surface area contributed by atoms with E-state index in [4.69, 9.17) is 0 Å². The molecule has 1 atom stereocenters. The van der Waals surface area contributed by atoms with Crippen molar-refractivity contribution in [2.24, 2.45) is 0 Å². The minimum atomic E-state index is -3.41. The summed E-state index contributed by atoms with van der Waals surface area (Å²) in [5, 5.41) is 1.78. The third-order valence-corrected chi connectivity index (χ3v) is 6.47.